The molecule has 196 valence electrons. The molecule has 4 amide bonds. The summed E-state index contributed by atoms with van der Waals surface area (Å²) in [5, 5.41) is 2.56. The van der Waals surface area contributed by atoms with Crippen LogP contribution in [0.4, 0.5) is 10.5 Å². The summed E-state index contributed by atoms with van der Waals surface area (Å²) in [6.07, 6.45) is 3.34. The monoisotopic (exact) mass is 532 g/mol. The molecule has 1 fully saturated rings. The number of nitrogens with one attached hydrogen (secondary N) is 1. The van der Waals surface area contributed by atoms with Gasteiger partial charge in [0.05, 0.1) is 17.3 Å². The Morgan fingerprint density at radius 1 is 0.921 bits per heavy atom. The number of anilines is 1. The van der Waals surface area contributed by atoms with Crippen molar-refractivity contribution in [2.75, 3.05) is 11.5 Å². The summed E-state index contributed by atoms with van der Waals surface area (Å²) in [6.45, 7) is 7.10. The molecule has 8 heteroatoms. The summed E-state index contributed by atoms with van der Waals surface area (Å²) >= 11 is 6.43. The molecule has 0 spiro atoms. The van der Waals surface area contributed by atoms with Gasteiger partial charge in [-0.1, -0.05) is 49.2 Å². The molecule has 0 bridgehead atoms. The van der Waals surface area contributed by atoms with Gasteiger partial charge in [0.25, 0.3) is 11.8 Å². The van der Waals surface area contributed by atoms with E-state index in [0.717, 1.165) is 23.3 Å². The number of nitrogens with zero attached hydrogens (tertiary/aromatic N) is 1. The molecule has 0 atom stereocenters. The Morgan fingerprint density at radius 3 is 2.37 bits per heavy atom. The summed E-state index contributed by atoms with van der Waals surface area (Å²) in [5.41, 5.74) is 4.05. The van der Waals surface area contributed by atoms with Crippen molar-refractivity contribution in [2.24, 2.45) is 0 Å². The van der Waals surface area contributed by atoms with Crippen molar-refractivity contribution in [1.82, 2.24) is 5.32 Å². The number of aryl methyl sites for hydroxylation is 2. The van der Waals surface area contributed by atoms with Gasteiger partial charge in [-0.05, 0) is 85.0 Å². The molecular formula is C30H29ClN2O5. The smallest absolute Gasteiger partial charge is 0.335 e. The van der Waals surface area contributed by atoms with E-state index in [2.05, 4.69) is 25.2 Å². The maximum atomic E-state index is 13.2. The number of imide groups is 2. The third-order valence-electron chi connectivity index (χ3n) is 6.20. The van der Waals surface area contributed by atoms with Crippen LogP contribution in [0.5, 0.6) is 11.5 Å². The predicted octanol–water partition coefficient (Wildman–Crippen LogP) is 6.38. The minimum atomic E-state index is -0.815. The van der Waals surface area contributed by atoms with Crippen molar-refractivity contribution in [3.63, 3.8) is 0 Å². The van der Waals surface area contributed by atoms with E-state index in [4.69, 9.17) is 21.1 Å². The summed E-state index contributed by atoms with van der Waals surface area (Å²) in [6, 6.07) is 16.8. The first kappa shape index (κ1) is 26.9. The number of barbiturate groups is 1. The van der Waals surface area contributed by atoms with Gasteiger partial charge >= 0.3 is 6.03 Å². The number of carbonyl (C=O) groups excluding carboxylic acids is 3. The Morgan fingerprint density at radius 2 is 1.68 bits per heavy atom. The second-order valence-corrected chi connectivity index (χ2v) is 9.46. The normalized spacial score (nSPS) is 14.6. The van der Waals surface area contributed by atoms with Crippen LogP contribution >= 0.6 is 11.6 Å². The third kappa shape index (κ3) is 6.23. The third-order valence-corrected chi connectivity index (χ3v) is 6.49. The van der Waals surface area contributed by atoms with E-state index in [9.17, 15) is 14.4 Å². The first-order chi connectivity index (χ1) is 18.3. The summed E-state index contributed by atoms with van der Waals surface area (Å²) < 4.78 is 11.5. The second-order valence-electron chi connectivity index (χ2n) is 9.05. The molecule has 4 rings (SSSR count). The highest BCUT2D eigenvalue weighted by molar-refractivity contribution is 6.39. The summed E-state index contributed by atoms with van der Waals surface area (Å²) in [7, 11) is 0. The van der Waals surface area contributed by atoms with Crippen molar-refractivity contribution in [3.8, 4) is 11.5 Å². The van der Waals surface area contributed by atoms with Crippen molar-refractivity contribution in [1.29, 1.82) is 0 Å². The Kier molecular flexibility index (Phi) is 8.48. The van der Waals surface area contributed by atoms with Crippen LogP contribution in [-0.2, 0) is 16.2 Å². The molecular weight excluding hydrogens is 504 g/mol. The summed E-state index contributed by atoms with van der Waals surface area (Å²) in [5.74, 6) is -0.399. The highest BCUT2D eigenvalue weighted by Crippen LogP contribution is 2.29. The quantitative estimate of drug-likeness (QED) is 0.196. The van der Waals surface area contributed by atoms with E-state index in [-0.39, 0.29) is 5.57 Å². The van der Waals surface area contributed by atoms with E-state index >= 15 is 0 Å². The van der Waals surface area contributed by atoms with Crippen LogP contribution in [0.1, 0.15) is 42.0 Å². The second kappa shape index (κ2) is 12.0. The number of hydrogen-bond acceptors (Lipinski definition) is 5. The lowest BCUT2D eigenvalue weighted by molar-refractivity contribution is -0.122. The molecule has 1 aliphatic heterocycles. The Hall–Kier alpha value is -4.10. The minimum Gasteiger partial charge on any atom is -0.494 e. The SMILES string of the molecule is CCCCOc1ccc(N2C(=O)NC(=O)/C(=C/c3ccc(OCc4ccc(C)c(C)c4)c(Cl)c3)C2=O)cc1. The number of benzene rings is 3. The molecule has 0 aromatic heterocycles. The van der Waals surface area contributed by atoms with Crippen LogP contribution in [0.2, 0.25) is 5.02 Å². The molecule has 3 aromatic carbocycles. The van der Waals surface area contributed by atoms with Crippen LogP contribution in [0.15, 0.2) is 66.2 Å². The van der Waals surface area contributed by atoms with Gasteiger partial charge in [0, 0.05) is 0 Å². The maximum absolute atomic E-state index is 13.2. The zero-order chi connectivity index (χ0) is 27.2. The van der Waals surface area contributed by atoms with Gasteiger partial charge < -0.3 is 9.47 Å². The molecule has 0 aliphatic carbocycles. The van der Waals surface area contributed by atoms with Crippen molar-refractivity contribution < 1.29 is 23.9 Å². The number of ether oxygens (including phenoxy) is 2. The predicted molar refractivity (Wildman–Crippen MR) is 148 cm³/mol. The molecule has 1 aliphatic rings. The Balaban J connectivity index is 1.50. The van der Waals surface area contributed by atoms with Gasteiger partial charge in [0.1, 0.15) is 23.7 Å². The molecule has 1 heterocycles. The average molecular weight is 533 g/mol. The lowest BCUT2D eigenvalue weighted by Gasteiger charge is -2.26. The van der Waals surface area contributed by atoms with E-state index < -0.39 is 17.8 Å². The molecule has 0 radical (unpaired) electrons. The average Bonchev–Trinajstić information content (AvgIpc) is 2.89. The zero-order valence-electron chi connectivity index (χ0n) is 21.5. The number of amides is 4. The first-order valence-corrected chi connectivity index (χ1v) is 12.8. The van der Waals surface area contributed by atoms with Crippen LogP contribution in [0.25, 0.3) is 6.08 Å². The molecule has 0 unspecified atom stereocenters. The standard InChI is InChI=1S/C30H29ClN2O5/c1-4-5-14-37-24-11-9-23(10-12-24)33-29(35)25(28(34)32-30(33)36)16-21-8-13-27(26(31)17-21)38-18-22-7-6-19(2)20(3)15-22/h6-13,15-17H,4-5,14,18H2,1-3H3,(H,32,34,36)/b25-16-. The highest BCUT2D eigenvalue weighted by Gasteiger charge is 2.36. The van der Waals surface area contributed by atoms with Crippen molar-refractivity contribution in [3.05, 3.63) is 93.5 Å². The number of unbranched alkanes of at least 4 members (excludes halogenated alkanes) is 1. The van der Waals surface area contributed by atoms with Crippen molar-refractivity contribution in [2.45, 2.75) is 40.2 Å². The fourth-order valence-corrected chi connectivity index (χ4v) is 4.11. The number of rotatable bonds is 9. The van der Waals surface area contributed by atoms with E-state index in [0.29, 0.717) is 41.0 Å². The largest absolute Gasteiger partial charge is 0.494 e. The molecule has 38 heavy (non-hydrogen) atoms. The number of hydrogen-bond donors (Lipinski definition) is 1. The lowest BCUT2D eigenvalue weighted by atomic mass is 10.1. The molecule has 1 N–H and O–H groups in total. The van der Waals surface area contributed by atoms with Gasteiger partial charge in [0.15, 0.2) is 0 Å². The minimum absolute atomic E-state index is 0.187. The number of carbonyl (C=O) groups is 3. The molecule has 1 saturated heterocycles. The van der Waals surface area contributed by atoms with Crippen LogP contribution < -0.4 is 19.7 Å². The number of halogens is 1. The molecule has 0 saturated carbocycles. The first-order valence-electron chi connectivity index (χ1n) is 12.4. The maximum Gasteiger partial charge on any atom is 0.335 e. The lowest BCUT2D eigenvalue weighted by Crippen LogP contribution is -2.54. The molecule has 3 aromatic rings. The summed E-state index contributed by atoms with van der Waals surface area (Å²) in [4.78, 5) is 39.2. The number of urea groups is 1. The van der Waals surface area contributed by atoms with Gasteiger partial charge in [-0.3, -0.25) is 14.9 Å². The Labute approximate surface area is 227 Å². The topological polar surface area (TPSA) is 84.9 Å². The Bertz CT molecular complexity index is 1400. The van der Waals surface area contributed by atoms with E-state index in [1.165, 1.54) is 17.2 Å². The van der Waals surface area contributed by atoms with Gasteiger partial charge in [-0.25, -0.2) is 9.69 Å². The van der Waals surface area contributed by atoms with E-state index in [1.807, 2.05) is 19.1 Å². The van der Waals surface area contributed by atoms with Crippen LogP contribution in [0.3, 0.4) is 0 Å². The highest BCUT2D eigenvalue weighted by atomic mass is 35.5. The van der Waals surface area contributed by atoms with Gasteiger partial charge in [0.2, 0.25) is 0 Å². The van der Waals surface area contributed by atoms with Crippen molar-refractivity contribution >= 4 is 41.2 Å². The van der Waals surface area contributed by atoms with Crippen LogP contribution in [-0.4, -0.2) is 24.5 Å². The van der Waals surface area contributed by atoms with E-state index in [1.54, 1.807) is 42.5 Å². The van der Waals surface area contributed by atoms with Gasteiger partial charge in [-0.15, -0.1) is 0 Å². The fraction of sp³-hybridized carbons (Fsp3) is 0.233. The zero-order valence-corrected chi connectivity index (χ0v) is 22.3. The molecule has 7 nitrogen and oxygen atoms in total. The van der Waals surface area contributed by atoms with Crippen LogP contribution in [0, 0.1) is 13.8 Å². The fourth-order valence-electron chi connectivity index (χ4n) is 3.86. The van der Waals surface area contributed by atoms with Gasteiger partial charge in [-0.2, -0.15) is 0 Å².